The lowest BCUT2D eigenvalue weighted by Crippen LogP contribution is -2.45. The van der Waals surface area contributed by atoms with Gasteiger partial charge in [0.05, 0.1) is 38.7 Å². The van der Waals surface area contributed by atoms with Crippen molar-refractivity contribution in [2.45, 2.75) is 31.9 Å². The number of hydrogen-bond donors (Lipinski definition) is 0. The molecule has 1 unspecified atom stereocenters. The molecule has 37 heavy (non-hydrogen) atoms. The van der Waals surface area contributed by atoms with E-state index in [9.17, 15) is 13.2 Å². The van der Waals surface area contributed by atoms with Gasteiger partial charge < -0.3 is 18.8 Å². The highest BCUT2D eigenvalue weighted by Crippen LogP contribution is 2.17. The van der Waals surface area contributed by atoms with Gasteiger partial charge in [0.2, 0.25) is 15.9 Å². The summed E-state index contributed by atoms with van der Waals surface area (Å²) >= 11 is 0. The van der Waals surface area contributed by atoms with E-state index in [-0.39, 0.29) is 31.6 Å². The van der Waals surface area contributed by atoms with Gasteiger partial charge in [0.1, 0.15) is 5.76 Å². The fourth-order valence-electron chi connectivity index (χ4n) is 4.54. The van der Waals surface area contributed by atoms with Gasteiger partial charge in [-0.05, 0) is 49.6 Å². The van der Waals surface area contributed by atoms with Gasteiger partial charge in [-0.2, -0.15) is 4.31 Å². The molecular formula is C27H37N3O6S. The lowest BCUT2D eigenvalue weighted by atomic mass is 10.2. The number of furan rings is 1. The number of amides is 1. The predicted molar refractivity (Wildman–Crippen MR) is 141 cm³/mol. The van der Waals surface area contributed by atoms with Gasteiger partial charge in [0.15, 0.2) is 0 Å². The zero-order chi connectivity index (χ0) is 25.9. The van der Waals surface area contributed by atoms with Gasteiger partial charge in [0, 0.05) is 38.2 Å². The maximum absolute atomic E-state index is 13.5. The summed E-state index contributed by atoms with van der Waals surface area (Å²) in [4.78, 5) is 17.4. The molecule has 0 bridgehead atoms. The predicted octanol–water partition coefficient (Wildman–Crippen LogP) is 2.81. The van der Waals surface area contributed by atoms with Crippen molar-refractivity contribution in [1.82, 2.24) is 14.1 Å². The van der Waals surface area contributed by atoms with Gasteiger partial charge in [-0.1, -0.05) is 30.3 Å². The fraction of sp³-hybridized carbons (Fsp3) is 0.519. The van der Waals surface area contributed by atoms with Crippen LogP contribution in [0.4, 0.5) is 0 Å². The number of rotatable bonds is 13. The van der Waals surface area contributed by atoms with E-state index in [1.807, 2.05) is 36.4 Å². The average molecular weight is 532 g/mol. The maximum atomic E-state index is 13.5. The highest BCUT2D eigenvalue weighted by Gasteiger charge is 2.28. The largest absolute Gasteiger partial charge is 0.467 e. The lowest BCUT2D eigenvalue weighted by molar-refractivity contribution is -0.134. The third-order valence-corrected chi connectivity index (χ3v) is 8.13. The SMILES string of the molecule is O=C(CN(CCCN1CCOCC1)S(=O)(=O)C=Cc1ccccc1)N(Cc1ccco1)CC1CCCO1. The van der Waals surface area contributed by atoms with Crippen molar-refractivity contribution in [3.8, 4) is 0 Å². The summed E-state index contributed by atoms with van der Waals surface area (Å²) in [6.07, 6.45) is 5.55. The minimum Gasteiger partial charge on any atom is -0.467 e. The number of carbonyl (C=O) groups excluding carboxylic acids is 1. The van der Waals surface area contributed by atoms with E-state index in [1.54, 1.807) is 23.3 Å². The van der Waals surface area contributed by atoms with Crippen molar-refractivity contribution in [1.29, 1.82) is 0 Å². The van der Waals surface area contributed by atoms with Crippen LogP contribution in [0, 0.1) is 0 Å². The van der Waals surface area contributed by atoms with Crippen molar-refractivity contribution in [3.05, 3.63) is 65.5 Å². The van der Waals surface area contributed by atoms with Crippen molar-refractivity contribution < 1.29 is 27.1 Å². The average Bonchev–Trinajstić information content (AvgIpc) is 3.62. The molecular weight excluding hydrogens is 494 g/mol. The first kappa shape index (κ1) is 27.5. The molecule has 2 fully saturated rings. The number of sulfonamides is 1. The number of ether oxygens (including phenoxy) is 2. The Labute approximate surface area is 219 Å². The molecule has 202 valence electrons. The first-order chi connectivity index (χ1) is 18.0. The van der Waals surface area contributed by atoms with E-state index in [1.165, 1.54) is 9.71 Å². The molecule has 0 N–H and O–H groups in total. The molecule has 2 aliphatic heterocycles. The van der Waals surface area contributed by atoms with Crippen LogP contribution in [-0.2, 0) is 30.8 Å². The van der Waals surface area contributed by atoms with Crippen molar-refractivity contribution in [2.24, 2.45) is 0 Å². The third kappa shape index (κ3) is 8.79. The molecule has 0 saturated carbocycles. The molecule has 1 aromatic carbocycles. The summed E-state index contributed by atoms with van der Waals surface area (Å²) in [5.41, 5.74) is 0.781. The van der Waals surface area contributed by atoms with E-state index in [4.69, 9.17) is 13.9 Å². The van der Waals surface area contributed by atoms with Crippen LogP contribution >= 0.6 is 0 Å². The van der Waals surface area contributed by atoms with Crippen LogP contribution in [0.25, 0.3) is 6.08 Å². The summed E-state index contributed by atoms with van der Waals surface area (Å²) in [5, 5.41) is 1.20. The van der Waals surface area contributed by atoms with Gasteiger partial charge in [0.25, 0.3) is 0 Å². The highest BCUT2D eigenvalue weighted by molar-refractivity contribution is 7.92. The molecule has 0 aliphatic carbocycles. The van der Waals surface area contributed by atoms with Crippen LogP contribution in [0.5, 0.6) is 0 Å². The lowest BCUT2D eigenvalue weighted by Gasteiger charge is -2.29. The molecule has 9 nitrogen and oxygen atoms in total. The quantitative estimate of drug-likeness (QED) is 0.392. The van der Waals surface area contributed by atoms with Crippen LogP contribution in [-0.4, -0.2) is 93.6 Å². The molecule has 2 saturated heterocycles. The molecule has 2 aromatic rings. The number of benzene rings is 1. The second kappa shape index (κ2) is 13.9. The highest BCUT2D eigenvalue weighted by atomic mass is 32.2. The van der Waals surface area contributed by atoms with Crippen LogP contribution in [0.15, 0.2) is 58.6 Å². The van der Waals surface area contributed by atoms with Crippen LogP contribution in [0.3, 0.4) is 0 Å². The van der Waals surface area contributed by atoms with Gasteiger partial charge in [-0.15, -0.1) is 0 Å². The molecule has 0 radical (unpaired) electrons. The van der Waals surface area contributed by atoms with E-state index in [0.29, 0.717) is 38.5 Å². The minimum atomic E-state index is -3.83. The number of nitrogens with zero attached hydrogens (tertiary/aromatic N) is 3. The van der Waals surface area contributed by atoms with Crippen molar-refractivity contribution in [2.75, 3.05) is 59.1 Å². The Kier molecular flexibility index (Phi) is 10.3. The monoisotopic (exact) mass is 531 g/mol. The van der Waals surface area contributed by atoms with E-state index >= 15 is 0 Å². The van der Waals surface area contributed by atoms with Crippen molar-refractivity contribution >= 4 is 22.0 Å². The normalized spacial score (nSPS) is 19.1. The maximum Gasteiger partial charge on any atom is 0.238 e. The Balaban J connectivity index is 1.47. The summed E-state index contributed by atoms with van der Waals surface area (Å²) in [7, 11) is -3.83. The van der Waals surface area contributed by atoms with Gasteiger partial charge >= 0.3 is 0 Å². The number of carbonyl (C=O) groups is 1. The fourth-order valence-corrected chi connectivity index (χ4v) is 5.71. The zero-order valence-electron chi connectivity index (χ0n) is 21.2. The standard InChI is InChI=1S/C27H37N3O6S/c31-27(29(21-25-9-4-16-35-25)22-26-10-5-17-36-26)23-30(13-6-12-28-14-18-34-19-15-28)37(32,33)20-11-24-7-2-1-3-8-24/h1-4,7-9,11,16,20,26H,5-6,10,12-15,17-19,21-23H2. The molecule has 0 spiro atoms. The molecule has 3 heterocycles. The summed E-state index contributed by atoms with van der Waals surface area (Å²) in [5.74, 6) is 0.381. The van der Waals surface area contributed by atoms with Gasteiger partial charge in [-0.3, -0.25) is 9.69 Å². The molecule has 4 rings (SSSR count). The van der Waals surface area contributed by atoms with E-state index < -0.39 is 10.0 Å². The van der Waals surface area contributed by atoms with E-state index in [2.05, 4.69) is 4.90 Å². The Bertz CT molecular complexity index is 1080. The van der Waals surface area contributed by atoms with Crippen LogP contribution < -0.4 is 0 Å². The van der Waals surface area contributed by atoms with Crippen molar-refractivity contribution in [3.63, 3.8) is 0 Å². The molecule has 1 aromatic heterocycles. The minimum absolute atomic E-state index is 0.0525. The molecule has 10 heteroatoms. The zero-order valence-corrected chi connectivity index (χ0v) is 22.1. The van der Waals surface area contributed by atoms with Crippen LogP contribution in [0.1, 0.15) is 30.6 Å². The second-order valence-corrected chi connectivity index (χ2v) is 11.2. The molecule has 2 aliphatic rings. The summed E-state index contributed by atoms with van der Waals surface area (Å²) in [6.45, 7) is 5.15. The van der Waals surface area contributed by atoms with E-state index in [0.717, 1.165) is 38.0 Å². The first-order valence-corrected chi connectivity index (χ1v) is 14.4. The summed E-state index contributed by atoms with van der Waals surface area (Å²) < 4.78 is 44.7. The summed E-state index contributed by atoms with van der Waals surface area (Å²) in [6, 6.07) is 12.9. The first-order valence-electron chi connectivity index (χ1n) is 12.9. The third-order valence-electron chi connectivity index (χ3n) is 6.62. The Morgan fingerprint density at radius 3 is 2.59 bits per heavy atom. The second-order valence-electron chi connectivity index (χ2n) is 9.39. The number of hydrogen-bond acceptors (Lipinski definition) is 7. The van der Waals surface area contributed by atoms with Gasteiger partial charge in [-0.25, -0.2) is 8.42 Å². The molecule has 1 atom stereocenters. The van der Waals surface area contributed by atoms with Crippen LogP contribution in [0.2, 0.25) is 0 Å². The Hall–Kier alpha value is -2.50. The smallest absolute Gasteiger partial charge is 0.238 e. The topological polar surface area (TPSA) is 92.5 Å². The number of morpholine rings is 1. The Morgan fingerprint density at radius 2 is 1.89 bits per heavy atom. The Morgan fingerprint density at radius 1 is 1.08 bits per heavy atom. The molecule has 1 amide bonds.